The van der Waals surface area contributed by atoms with Crippen LogP contribution in [-0.4, -0.2) is 41.1 Å². The van der Waals surface area contributed by atoms with Gasteiger partial charge in [-0.05, 0) is 35.9 Å². The highest BCUT2D eigenvalue weighted by Crippen LogP contribution is 2.38. The fourth-order valence-electron chi connectivity index (χ4n) is 3.31. The Labute approximate surface area is 181 Å². The molecule has 5 rings (SSSR count). The largest absolute Gasteiger partial charge is 0.493 e. The molecule has 0 spiro atoms. The van der Waals surface area contributed by atoms with Crippen LogP contribution in [0.4, 0.5) is 0 Å². The van der Waals surface area contributed by atoms with Crippen LogP contribution in [0.1, 0.15) is 10.6 Å². The van der Waals surface area contributed by atoms with Gasteiger partial charge < -0.3 is 18.6 Å². The highest BCUT2D eigenvalue weighted by atomic mass is 32.1. The van der Waals surface area contributed by atoms with E-state index in [0.29, 0.717) is 33.8 Å². The van der Waals surface area contributed by atoms with Crippen molar-refractivity contribution in [2.24, 2.45) is 0 Å². The molecule has 3 aromatic heterocycles. The number of nitrogens with zero attached hydrogens (tertiary/aromatic N) is 4. The summed E-state index contributed by atoms with van der Waals surface area (Å²) in [7, 11) is 4.76. The Morgan fingerprint density at radius 1 is 0.935 bits per heavy atom. The van der Waals surface area contributed by atoms with E-state index in [9.17, 15) is 0 Å². The van der Waals surface area contributed by atoms with E-state index in [2.05, 4.69) is 15.3 Å². The van der Waals surface area contributed by atoms with Crippen LogP contribution in [0.25, 0.3) is 39.7 Å². The zero-order chi connectivity index (χ0) is 21.4. The van der Waals surface area contributed by atoms with Gasteiger partial charge in [0.2, 0.25) is 16.5 Å². The van der Waals surface area contributed by atoms with E-state index < -0.39 is 0 Å². The van der Waals surface area contributed by atoms with Crippen LogP contribution in [0.3, 0.4) is 0 Å². The maximum absolute atomic E-state index is 5.92. The number of para-hydroxylation sites is 1. The molecule has 3 heterocycles. The normalized spacial score (nSPS) is 11.6. The van der Waals surface area contributed by atoms with E-state index in [0.717, 1.165) is 21.5 Å². The number of ether oxygens (including phenoxy) is 3. The predicted molar refractivity (Wildman–Crippen MR) is 119 cm³/mol. The van der Waals surface area contributed by atoms with Crippen molar-refractivity contribution >= 4 is 39.4 Å². The first kappa shape index (κ1) is 19.1. The lowest BCUT2D eigenvalue weighted by atomic mass is 10.1. The first-order valence-electron chi connectivity index (χ1n) is 9.39. The van der Waals surface area contributed by atoms with Crippen molar-refractivity contribution < 1.29 is 18.6 Å². The zero-order valence-corrected chi connectivity index (χ0v) is 17.8. The molecule has 0 aliphatic carbocycles. The van der Waals surface area contributed by atoms with Gasteiger partial charge in [0, 0.05) is 5.39 Å². The third-order valence-electron chi connectivity index (χ3n) is 4.76. The smallest absolute Gasteiger partial charge is 0.235 e. The Balaban J connectivity index is 1.49. The summed E-state index contributed by atoms with van der Waals surface area (Å²) in [6, 6.07) is 13.5. The second-order valence-electron chi connectivity index (χ2n) is 6.60. The van der Waals surface area contributed by atoms with Gasteiger partial charge in [-0.1, -0.05) is 35.6 Å². The monoisotopic (exact) mass is 434 g/mol. The molecule has 2 aromatic carbocycles. The molecular formula is C22H18N4O4S. The summed E-state index contributed by atoms with van der Waals surface area (Å²) in [6.45, 7) is 0. The molecule has 0 fully saturated rings. The van der Waals surface area contributed by atoms with Crippen LogP contribution < -0.4 is 14.2 Å². The van der Waals surface area contributed by atoms with E-state index >= 15 is 0 Å². The third-order valence-corrected chi connectivity index (χ3v) is 5.62. The molecule has 0 N–H and O–H groups in total. The fourth-order valence-corrected chi connectivity index (χ4v) is 4.05. The van der Waals surface area contributed by atoms with Crippen molar-refractivity contribution in [1.29, 1.82) is 0 Å². The van der Waals surface area contributed by atoms with E-state index in [1.807, 2.05) is 54.6 Å². The summed E-state index contributed by atoms with van der Waals surface area (Å²) in [4.78, 5) is 0.681. The molecule has 31 heavy (non-hydrogen) atoms. The van der Waals surface area contributed by atoms with Gasteiger partial charge >= 0.3 is 0 Å². The average Bonchev–Trinajstić information content (AvgIpc) is 3.50. The minimum atomic E-state index is 0.552. The van der Waals surface area contributed by atoms with Crippen molar-refractivity contribution in [2.75, 3.05) is 21.3 Å². The average molecular weight is 434 g/mol. The minimum Gasteiger partial charge on any atom is -0.493 e. The van der Waals surface area contributed by atoms with Gasteiger partial charge in [0.15, 0.2) is 17.3 Å². The van der Waals surface area contributed by atoms with Crippen molar-refractivity contribution in [3.63, 3.8) is 0 Å². The quantitative estimate of drug-likeness (QED) is 0.380. The maximum Gasteiger partial charge on any atom is 0.235 e. The Morgan fingerprint density at radius 2 is 1.71 bits per heavy atom. The number of furan rings is 1. The van der Waals surface area contributed by atoms with Gasteiger partial charge in [0.25, 0.3) is 0 Å². The Bertz CT molecular complexity index is 1360. The second kappa shape index (κ2) is 7.77. The van der Waals surface area contributed by atoms with Crippen LogP contribution in [0, 0.1) is 0 Å². The third kappa shape index (κ3) is 3.38. The molecule has 0 saturated carbocycles. The van der Waals surface area contributed by atoms with Crippen LogP contribution >= 0.6 is 11.3 Å². The van der Waals surface area contributed by atoms with Crippen LogP contribution in [-0.2, 0) is 0 Å². The number of hydrogen-bond acceptors (Lipinski definition) is 8. The summed E-state index contributed by atoms with van der Waals surface area (Å²) in [5.41, 5.74) is 1.69. The van der Waals surface area contributed by atoms with E-state index in [4.69, 9.17) is 18.6 Å². The number of benzene rings is 2. The summed E-state index contributed by atoms with van der Waals surface area (Å²) < 4.78 is 23.8. The molecule has 8 nitrogen and oxygen atoms in total. The van der Waals surface area contributed by atoms with Crippen LogP contribution in [0.5, 0.6) is 17.2 Å². The number of rotatable bonds is 6. The molecule has 0 aliphatic rings. The van der Waals surface area contributed by atoms with Crippen LogP contribution in [0.2, 0.25) is 0 Å². The number of fused-ring (bicyclic) bond motifs is 2. The molecule has 0 bridgehead atoms. The Morgan fingerprint density at radius 3 is 2.42 bits per heavy atom. The first-order chi connectivity index (χ1) is 15.2. The SMILES string of the molecule is COc1cc(C=Cc2nn3c(-c4cc5ccccc5o4)nnc3s2)cc(OC)c1OC. The van der Waals surface area contributed by atoms with E-state index in [-0.39, 0.29) is 0 Å². The van der Waals surface area contributed by atoms with Gasteiger partial charge in [-0.25, -0.2) is 0 Å². The van der Waals surface area contributed by atoms with Gasteiger partial charge in [0.1, 0.15) is 10.6 Å². The van der Waals surface area contributed by atoms with Gasteiger partial charge in [-0.2, -0.15) is 9.61 Å². The van der Waals surface area contributed by atoms with Gasteiger partial charge in [-0.15, -0.1) is 10.2 Å². The van der Waals surface area contributed by atoms with Gasteiger partial charge in [0.05, 0.1) is 21.3 Å². The minimum absolute atomic E-state index is 0.552. The molecule has 0 radical (unpaired) electrons. The molecular weight excluding hydrogens is 416 g/mol. The van der Waals surface area contributed by atoms with Crippen LogP contribution in [0.15, 0.2) is 46.9 Å². The summed E-state index contributed by atoms with van der Waals surface area (Å²) >= 11 is 1.43. The summed E-state index contributed by atoms with van der Waals surface area (Å²) in [5, 5.41) is 14.9. The second-order valence-corrected chi connectivity index (χ2v) is 7.59. The molecule has 0 unspecified atom stereocenters. The lowest BCUT2D eigenvalue weighted by molar-refractivity contribution is 0.324. The maximum atomic E-state index is 5.92. The van der Waals surface area contributed by atoms with Crippen molar-refractivity contribution in [3.05, 3.63) is 53.0 Å². The molecule has 0 atom stereocenters. The number of aromatic nitrogens is 4. The molecule has 0 saturated heterocycles. The predicted octanol–water partition coefficient (Wildman–Crippen LogP) is 4.80. The molecule has 0 aliphatic heterocycles. The lowest BCUT2D eigenvalue weighted by Crippen LogP contribution is -1.95. The fraction of sp³-hybridized carbons (Fsp3) is 0.136. The van der Waals surface area contributed by atoms with Gasteiger partial charge in [-0.3, -0.25) is 0 Å². The number of methoxy groups -OCH3 is 3. The highest BCUT2D eigenvalue weighted by Gasteiger charge is 2.17. The summed E-state index contributed by atoms with van der Waals surface area (Å²) in [5.74, 6) is 2.92. The van der Waals surface area contributed by atoms with E-state index in [1.165, 1.54) is 11.3 Å². The zero-order valence-electron chi connectivity index (χ0n) is 17.0. The standard InChI is InChI=1S/C22H18N4O4S/c1-27-16-10-13(11-17(28-2)20(16)29-3)8-9-19-25-26-21(23-24-22(26)31-19)18-12-14-6-4-5-7-15(14)30-18/h4-12H,1-3H3. The Kier molecular flexibility index (Phi) is 4.79. The highest BCUT2D eigenvalue weighted by molar-refractivity contribution is 7.17. The molecule has 9 heteroatoms. The first-order valence-corrected chi connectivity index (χ1v) is 10.2. The number of hydrogen-bond donors (Lipinski definition) is 0. The Hall–Kier alpha value is -3.85. The lowest BCUT2D eigenvalue weighted by Gasteiger charge is -2.12. The molecule has 156 valence electrons. The molecule has 0 amide bonds. The summed E-state index contributed by atoms with van der Waals surface area (Å²) in [6.07, 6.45) is 3.83. The van der Waals surface area contributed by atoms with E-state index in [1.54, 1.807) is 25.8 Å². The van der Waals surface area contributed by atoms with Crippen molar-refractivity contribution in [2.45, 2.75) is 0 Å². The topological polar surface area (TPSA) is 83.9 Å². The van der Waals surface area contributed by atoms with Crippen molar-refractivity contribution in [1.82, 2.24) is 19.8 Å². The van der Waals surface area contributed by atoms with Crippen molar-refractivity contribution in [3.8, 4) is 28.8 Å². The molecule has 5 aromatic rings.